The molecule has 0 amide bonds. The molecule has 0 fully saturated rings. The molecule has 0 radical (unpaired) electrons. The molecule has 0 aliphatic rings. The minimum absolute atomic E-state index is 0.103. The van der Waals surface area contributed by atoms with E-state index in [1.807, 2.05) is 22.6 Å². The predicted octanol–water partition coefficient (Wildman–Crippen LogP) is 2.09. The molecule has 1 rings (SSSR count). The van der Waals surface area contributed by atoms with Crippen LogP contribution in [0.5, 0.6) is 5.75 Å². The molecule has 0 spiro atoms. The third-order valence-corrected chi connectivity index (χ3v) is 2.56. The van der Waals surface area contributed by atoms with E-state index in [1.54, 1.807) is 13.0 Å². The Labute approximate surface area is 89.9 Å². The molecular formula is C9H9IO3. The molecule has 1 N–H and O–H groups in total. The Morgan fingerprint density at radius 3 is 2.69 bits per heavy atom. The van der Waals surface area contributed by atoms with Crippen molar-refractivity contribution in [3.8, 4) is 5.75 Å². The number of esters is 1. The minimum Gasteiger partial charge on any atom is -0.507 e. The molecule has 3 nitrogen and oxygen atoms in total. The quantitative estimate of drug-likeness (QED) is 0.637. The summed E-state index contributed by atoms with van der Waals surface area (Å²) >= 11 is 2.00. The van der Waals surface area contributed by atoms with Crippen LogP contribution in [-0.2, 0) is 4.74 Å². The van der Waals surface area contributed by atoms with Crippen LogP contribution >= 0.6 is 22.6 Å². The second-order valence-electron chi connectivity index (χ2n) is 2.61. The van der Waals surface area contributed by atoms with E-state index in [0.29, 0.717) is 5.56 Å². The number of phenols is 1. The van der Waals surface area contributed by atoms with Gasteiger partial charge in [-0.15, -0.1) is 0 Å². The number of phenolic OH excluding ortho intramolecular Hbond substituents is 1. The summed E-state index contributed by atoms with van der Waals surface area (Å²) in [4.78, 5) is 11.2. The standard InChI is InChI=1S/C9H9IO3/c1-5-3-7(10)8(11)4-6(5)9(12)13-2/h3-4,11H,1-2H3. The molecule has 0 aliphatic carbocycles. The highest BCUT2D eigenvalue weighted by Crippen LogP contribution is 2.23. The van der Waals surface area contributed by atoms with Gasteiger partial charge >= 0.3 is 5.97 Å². The molecule has 1 aromatic carbocycles. The molecular weight excluding hydrogens is 283 g/mol. The highest BCUT2D eigenvalue weighted by atomic mass is 127. The number of hydrogen-bond acceptors (Lipinski definition) is 3. The fraction of sp³-hybridized carbons (Fsp3) is 0.222. The van der Waals surface area contributed by atoms with Gasteiger partial charge in [0.15, 0.2) is 0 Å². The van der Waals surface area contributed by atoms with Crippen molar-refractivity contribution < 1.29 is 14.6 Å². The van der Waals surface area contributed by atoms with Crippen molar-refractivity contribution >= 4 is 28.6 Å². The molecule has 4 heteroatoms. The van der Waals surface area contributed by atoms with E-state index < -0.39 is 5.97 Å². The van der Waals surface area contributed by atoms with Crippen LogP contribution in [0.2, 0.25) is 0 Å². The van der Waals surface area contributed by atoms with Crippen LogP contribution in [0.3, 0.4) is 0 Å². The Hall–Kier alpha value is -0.780. The van der Waals surface area contributed by atoms with E-state index in [4.69, 9.17) is 0 Å². The molecule has 0 heterocycles. The van der Waals surface area contributed by atoms with Gasteiger partial charge in [-0.05, 0) is 47.2 Å². The van der Waals surface area contributed by atoms with Gasteiger partial charge in [-0.2, -0.15) is 0 Å². The maximum atomic E-state index is 11.2. The van der Waals surface area contributed by atoms with Gasteiger partial charge in [0.05, 0.1) is 16.2 Å². The maximum Gasteiger partial charge on any atom is 0.338 e. The van der Waals surface area contributed by atoms with Crippen LogP contribution < -0.4 is 0 Å². The summed E-state index contributed by atoms with van der Waals surface area (Å²) in [5.41, 5.74) is 1.20. The number of aryl methyl sites for hydroxylation is 1. The number of ether oxygens (including phenoxy) is 1. The van der Waals surface area contributed by atoms with Gasteiger partial charge in [0.25, 0.3) is 0 Å². The second-order valence-corrected chi connectivity index (χ2v) is 3.77. The SMILES string of the molecule is COC(=O)c1cc(O)c(I)cc1C. The number of aromatic hydroxyl groups is 1. The van der Waals surface area contributed by atoms with Crippen molar-refractivity contribution in [3.05, 3.63) is 26.8 Å². The summed E-state index contributed by atoms with van der Waals surface area (Å²) in [6, 6.07) is 3.16. The highest BCUT2D eigenvalue weighted by molar-refractivity contribution is 14.1. The van der Waals surface area contributed by atoms with Gasteiger partial charge in [-0.3, -0.25) is 0 Å². The Morgan fingerprint density at radius 1 is 1.54 bits per heavy atom. The third kappa shape index (κ3) is 2.12. The summed E-state index contributed by atoms with van der Waals surface area (Å²) in [7, 11) is 1.32. The second kappa shape index (κ2) is 3.95. The van der Waals surface area contributed by atoms with E-state index in [9.17, 15) is 9.90 Å². The van der Waals surface area contributed by atoms with E-state index in [0.717, 1.165) is 9.13 Å². The lowest BCUT2D eigenvalue weighted by molar-refractivity contribution is 0.0599. The van der Waals surface area contributed by atoms with Crippen molar-refractivity contribution in [2.45, 2.75) is 6.92 Å². The Bertz CT molecular complexity index is 347. The molecule has 0 saturated carbocycles. The summed E-state index contributed by atoms with van der Waals surface area (Å²) in [6.07, 6.45) is 0. The van der Waals surface area contributed by atoms with E-state index in [1.165, 1.54) is 13.2 Å². The fourth-order valence-corrected chi connectivity index (χ4v) is 1.61. The van der Waals surface area contributed by atoms with Gasteiger partial charge < -0.3 is 9.84 Å². The molecule has 13 heavy (non-hydrogen) atoms. The highest BCUT2D eigenvalue weighted by Gasteiger charge is 2.11. The van der Waals surface area contributed by atoms with Crippen LogP contribution in [0.25, 0.3) is 0 Å². The number of methoxy groups -OCH3 is 1. The molecule has 0 atom stereocenters. The molecule has 0 saturated heterocycles. The van der Waals surface area contributed by atoms with Gasteiger partial charge in [-0.1, -0.05) is 0 Å². The lowest BCUT2D eigenvalue weighted by atomic mass is 10.1. The maximum absolute atomic E-state index is 11.2. The summed E-state index contributed by atoms with van der Waals surface area (Å²) < 4.78 is 5.28. The topological polar surface area (TPSA) is 46.5 Å². The monoisotopic (exact) mass is 292 g/mol. The number of halogens is 1. The Kier molecular flexibility index (Phi) is 3.13. The van der Waals surface area contributed by atoms with Crippen molar-refractivity contribution in [2.75, 3.05) is 7.11 Å². The van der Waals surface area contributed by atoms with Crippen molar-refractivity contribution in [3.63, 3.8) is 0 Å². The van der Waals surface area contributed by atoms with Gasteiger partial charge in [0.1, 0.15) is 5.75 Å². The number of hydrogen-bond donors (Lipinski definition) is 1. The van der Waals surface area contributed by atoms with Gasteiger partial charge in [-0.25, -0.2) is 4.79 Å². The summed E-state index contributed by atoms with van der Waals surface area (Å²) in [6.45, 7) is 1.80. The first-order chi connectivity index (χ1) is 6.06. The number of carbonyl (C=O) groups excluding carboxylic acids is 1. The first kappa shape index (κ1) is 10.3. The lowest BCUT2D eigenvalue weighted by Crippen LogP contribution is -2.03. The summed E-state index contributed by atoms with van der Waals surface area (Å²) in [5, 5.41) is 9.35. The average molecular weight is 292 g/mol. The van der Waals surface area contributed by atoms with E-state index >= 15 is 0 Å². The summed E-state index contributed by atoms with van der Waals surface area (Å²) in [5.74, 6) is -0.323. The molecule has 0 unspecified atom stereocenters. The third-order valence-electron chi connectivity index (χ3n) is 1.70. The van der Waals surface area contributed by atoms with E-state index in [-0.39, 0.29) is 5.75 Å². The number of carbonyl (C=O) groups is 1. The molecule has 0 aromatic heterocycles. The average Bonchev–Trinajstić information content (AvgIpc) is 2.10. The van der Waals surface area contributed by atoms with Crippen LogP contribution in [0.4, 0.5) is 0 Å². The van der Waals surface area contributed by atoms with Gasteiger partial charge in [0, 0.05) is 0 Å². The van der Waals surface area contributed by atoms with Crippen LogP contribution in [-0.4, -0.2) is 18.2 Å². The fourth-order valence-electron chi connectivity index (χ4n) is 0.991. The first-order valence-electron chi connectivity index (χ1n) is 3.63. The first-order valence-corrected chi connectivity index (χ1v) is 4.71. The zero-order valence-corrected chi connectivity index (χ0v) is 9.45. The van der Waals surface area contributed by atoms with Crippen LogP contribution in [0.1, 0.15) is 15.9 Å². The van der Waals surface area contributed by atoms with E-state index in [2.05, 4.69) is 4.74 Å². The van der Waals surface area contributed by atoms with Crippen molar-refractivity contribution in [1.29, 1.82) is 0 Å². The normalized spacial score (nSPS) is 9.77. The molecule has 70 valence electrons. The van der Waals surface area contributed by atoms with Crippen LogP contribution in [0, 0.1) is 10.5 Å². The molecule has 0 bridgehead atoms. The van der Waals surface area contributed by atoms with Crippen molar-refractivity contribution in [2.24, 2.45) is 0 Å². The number of rotatable bonds is 1. The number of benzene rings is 1. The Balaban J connectivity index is 3.23. The minimum atomic E-state index is -0.427. The molecule has 0 aliphatic heterocycles. The van der Waals surface area contributed by atoms with Gasteiger partial charge in [0.2, 0.25) is 0 Å². The largest absolute Gasteiger partial charge is 0.507 e. The van der Waals surface area contributed by atoms with Crippen molar-refractivity contribution in [1.82, 2.24) is 0 Å². The van der Waals surface area contributed by atoms with Crippen LogP contribution in [0.15, 0.2) is 12.1 Å². The zero-order chi connectivity index (χ0) is 10.0. The Morgan fingerprint density at radius 2 is 2.15 bits per heavy atom. The zero-order valence-electron chi connectivity index (χ0n) is 7.30. The predicted molar refractivity (Wildman–Crippen MR) is 56.9 cm³/mol. The smallest absolute Gasteiger partial charge is 0.338 e. The molecule has 1 aromatic rings. The lowest BCUT2D eigenvalue weighted by Gasteiger charge is -2.05.